The molecule has 0 heterocycles. The first-order valence-corrected chi connectivity index (χ1v) is 6.09. The summed E-state index contributed by atoms with van der Waals surface area (Å²) in [4.78, 5) is 22.5. The number of aliphatic hydroxyl groups excluding tert-OH is 1. The number of nitrogens with one attached hydrogen (secondary N) is 1. The molecule has 1 saturated carbocycles. The standard InChI is InChI=1S/C12H21NO5/c1-12(2,3)18-11(17)13-8-6-7(10(15)16)4-5-9(8)14/h7-9,14H,4-6H2,1-3H3,(H,13,17)(H,15,16). The molecular formula is C12H21NO5. The highest BCUT2D eigenvalue weighted by atomic mass is 16.6. The van der Waals surface area contributed by atoms with Gasteiger partial charge in [0.1, 0.15) is 5.60 Å². The van der Waals surface area contributed by atoms with Crippen LogP contribution in [0.25, 0.3) is 0 Å². The third-order valence-electron chi connectivity index (χ3n) is 2.87. The SMILES string of the molecule is CC(C)(C)OC(=O)NC1CC(C(=O)O)CCC1O. The molecule has 0 radical (unpaired) electrons. The highest BCUT2D eigenvalue weighted by molar-refractivity contribution is 5.71. The first-order valence-electron chi connectivity index (χ1n) is 6.09. The maximum atomic E-state index is 11.6. The molecule has 1 aliphatic carbocycles. The lowest BCUT2D eigenvalue weighted by Gasteiger charge is -2.32. The number of hydrogen-bond donors (Lipinski definition) is 3. The molecule has 6 heteroatoms. The van der Waals surface area contributed by atoms with Crippen LogP contribution in [0.5, 0.6) is 0 Å². The smallest absolute Gasteiger partial charge is 0.407 e. The molecule has 0 aromatic carbocycles. The second-order valence-electron chi connectivity index (χ2n) is 5.67. The summed E-state index contributed by atoms with van der Waals surface area (Å²) >= 11 is 0. The molecule has 18 heavy (non-hydrogen) atoms. The lowest BCUT2D eigenvalue weighted by atomic mass is 9.84. The highest BCUT2D eigenvalue weighted by Crippen LogP contribution is 2.25. The van der Waals surface area contributed by atoms with Crippen molar-refractivity contribution >= 4 is 12.1 Å². The van der Waals surface area contributed by atoms with Crippen molar-refractivity contribution in [2.75, 3.05) is 0 Å². The van der Waals surface area contributed by atoms with Crippen LogP contribution in [0.15, 0.2) is 0 Å². The summed E-state index contributed by atoms with van der Waals surface area (Å²) in [6.45, 7) is 5.22. The third kappa shape index (κ3) is 4.52. The Morgan fingerprint density at radius 3 is 2.39 bits per heavy atom. The van der Waals surface area contributed by atoms with Crippen LogP contribution in [0, 0.1) is 5.92 Å². The van der Waals surface area contributed by atoms with Gasteiger partial charge >= 0.3 is 12.1 Å². The lowest BCUT2D eigenvalue weighted by Crippen LogP contribution is -2.49. The molecule has 1 aliphatic rings. The van der Waals surface area contributed by atoms with E-state index in [0.717, 1.165) is 0 Å². The van der Waals surface area contributed by atoms with Crippen LogP contribution in [0.3, 0.4) is 0 Å². The van der Waals surface area contributed by atoms with Gasteiger partial charge in [0.25, 0.3) is 0 Å². The van der Waals surface area contributed by atoms with Gasteiger partial charge in [-0.3, -0.25) is 4.79 Å². The fourth-order valence-corrected chi connectivity index (χ4v) is 1.99. The maximum absolute atomic E-state index is 11.6. The molecule has 0 aromatic rings. The van der Waals surface area contributed by atoms with Crippen LogP contribution in [-0.2, 0) is 9.53 Å². The summed E-state index contributed by atoms with van der Waals surface area (Å²) in [7, 11) is 0. The minimum Gasteiger partial charge on any atom is -0.481 e. The van der Waals surface area contributed by atoms with Crippen LogP contribution in [-0.4, -0.2) is 40.0 Å². The van der Waals surface area contributed by atoms with E-state index in [2.05, 4.69) is 5.32 Å². The van der Waals surface area contributed by atoms with E-state index >= 15 is 0 Å². The van der Waals surface area contributed by atoms with Gasteiger partial charge in [0.15, 0.2) is 0 Å². The number of carboxylic acids is 1. The molecular weight excluding hydrogens is 238 g/mol. The first-order chi connectivity index (χ1) is 8.19. The van der Waals surface area contributed by atoms with Crippen LogP contribution < -0.4 is 5.32 Å². The number of aliphatic carboxylic acids is 1. The quantitative estimate of drug-likeness (QED) is 0.690. The topological polar surface area (TPSA) is 95.9 Å². The average Bonchev–Trinajstić information content (AvgIpc) is 2.18. The van der Waals surface area contributed by atoms with Gasteiger partial charge in [0, 0.05) is 0 Å². The Morgan fingerprint density at radius 2 is 1.89 bits per heavy atom. The van der Waals surface area contributed by atoms with Crippen LogP contribution in [0.4, 0.5) is 4.79 Å². The molecule has 3 N–H and O–H groups in total. The molecule has 0 saturated heterocycles. The molecule has 3 atom stereocenters. The van der Waals surface area contributed by atoms with Crippen molar-refractivity contribution in [2.24, 2.45) is 5.92 Å². The number of amides is 1. The average molecular weight is 259 g/mol. The van der Waals surface area contributed by atoms with E-state index in [1.807, 2.05) is 0 Å². The molecule has 104 valence electrons. The number of hydrogen-bond acceptors (Lipinski definition) is 4. The zero-order valence-corrected chi connectivity index (χ0v) is 11.0. The second-order valence-corrected chi connectivity index (χ2v) is 5.67. The molecule has 1 amide bonds. The van der Waals surface area contributed by atoms with Crippen molar-refractivity contribution in [3.63, 3.8) is 0 Å². The lowest BCUT2D eigenvalue weighted by molar-refractivity contribution is -0.144. The fraction of sp³-hybridized carbons (Fsp3) is 0.833. The number of alkyl carbamates (subject to hydrolysis) is 1. The van der Waals surface area contributed by atoms with Gasteiger partial charge in [0.2, 0.25) is 0 Å². The normalized spacial score (nSPS) is 28.6. The summed E-state index contributed by atoms with van der Waals surface area (Å²) in [5.74, 6) is -1.41. The molecule has 1 fully saturated rings. The number of carboxylic acid groups (broad SMARTS) is 1. The zero-order valence-electron chi connectivity index (χ0n) is 11.0. The molecule has 3 unspecified atom stereocenters. The van der Waals surface area contributed by atoms with Crippen LogP contribution >= 0.6 is 0 Å². The Hall–Kier alpha value is -1.30. The van der Waals surface area contributed by atoms with Crippen molar-refractivity contribution in [2.45, 2.75) is 57.8 Å². The number of rotatable bonds is 2. The van der Waals surface area contributed by atoms with Gasteiger partial charge < -0.3 is 20.3 Å². The summed E-state index contributed by atoms with van der Waals surface area (Å²) in [5, 5.41) is 21.2. The van der Waals surface area contributed by atoms with Gasteiger partial charge in [-0.2, -0.15) is 0 Å². The van der Waals surface area contributed by atoms with Crippen LogP contribution in [0.1, 0.15) is 40.0 Å². The fourth-order valence-electron chi connectivity index (χ4n) is 1.99. The van der Waals surface area contributed by atoms with Crippen molar-refractivity contribution in [3.8, 4) is 0 Å². The van der Waals surface area contributed by atoms with Crippen molar-refractivity contribution in [3.05, 3.63) is 0 Å². The van der Waals surface area contributed by atoms with E-state index in [9.17, 15) is 14.7 Å². The van der Waals surface area contributed by atoms with Crippen molar-refractivity contribution in [1.29, 1.82) is 0 Å². The summed E-state index contributed by atoms with van der Waals surface area (Å²) in [5.41, 5.74) is -0.615. The minimum atomic E-state index is -0.891. The van der Waals surface area contributed by atoms with E-state index < -0.39 is 35.7 Å². The highest BCUT2D eigenvalue weighted by Gasteiger charge is 2.34. The Bertz CT molecular complexity index is 323. The van der Waals surface area contributed by atoms with Crippen LogP contribution in [0.2, 0.25) is 0 Å². The number of aliphatic hydroxyl groups is 1. The Kier molecular flexibility index (Phi) is 4.56. The maximum Gasteiger partial charge on any atom is 0.407 e. The summed E-state index contributed by atoms with van der Waals surface area (Å²) in [6, 6.07) is -0.560. The molecule has 1 rings (SSSR count). The number of carbonyl (C=O) groups excluding carboxylic acids is 1. The number of ether oxygens (including phenoxy) is 1. The Balaban J connectivity index is 2.53. The van der Waals surface area contributed by atoms with Crippen molar-refractivity contribution in [1.82, 2.24) is 5.32 Å². The van der Waals surface area contributed by atoms with Gasteiger partial charge in [-0.15, -0.1) is 0 Å². The molecule has 0 aliphatic heterocycles. The van der Waals surface area contributed by atoms with E-state index in [1.54, 1.807) is 20.8 Å². The predicted octanol–water partition coefficient (Wildman–Crippen LogP) is 1.13. The molecule has 0 spiro atoms. The van der Waals surface area contributed by atoms with E-state index in [4.69, 9.17) is 9.84 Å². The second kappa shape index (κ2) is 5.56. The molecule has 6 nitrogen and oxygen atoms in total. The monoisotopic (exact) mass is 259 g/mol. The molecule has 0 aromatic heterocycles. The summed E-state index contributed by atoms with van der Waals surface area (Å²) in [6.07, 6.45) is -0.304. The van der Waals surface area contributed by atoms with Gasteiger partial charge in [-0.1, -0.05) is 0 Å². The third-order valence-corrected chi connectivity index (χ3v) is 2.87. The predicted molar refractivity (Wildman–Crippen MR) is 64.1 cm³/mol. The largest absolute Gasteiger partial charge is 0.481 e. The first kappa shape index (κ1) is 14.8. The molecule has 0 bridgehead atoms. The van der Waals surface area contributed by atoms with E-state index in [0.29, 0.717) is 12.8 Å². The number of carbonyl (C=O) groups is 2. The van der Waals surface area contributed by atoms with E-state index in [-0.39, 0.29) is 6.42 Å². The summed E-state index contributed by atoms with van der Waals surface area (Å²) < 4.78 is 5.08. The van der Waals surface area contributed by atoms with Gasteiger partial charge in [0.05, 0.1) is 18.1 Å². The van der Waals surface area contributed by atoms with Gasteiger partial charge in [-0.05, 0) is 40.0 Å². The Morgan fingerprint density at radius 1 is 1.28 bits per heavy atom. The van der Waals surface area contributed by atoms with Crippen molar-refractivity contribution < 1.29 is 24.5 Å². The van der Waals surface area contributed by atoms with E-state index in [1.165, 1.54) is 0 Å². The van der Waals surface area contributed by atoms with Gasteiger partial charge in [-0.25, -0.2) is 4.79 Å². The minimum absolute atomic E-state index is 0.232. The zero-order chi connectivity index (χ0) is 13.9. The Labute approximate surface area is 106 Å².